The van der Waals surface area contributed by atoms with Crippen LogP contribution in [0.25, 0.3) is 0 Å². The number of aromatic amines is 1. The van der Waals surface area contributed by atoms with Gasteiger partial charge in [-0.1, -0.05) is 9.30 Å². The normalized spacial score (nSPS) is 11.7. The maximum atomic E-state index is 9.99. The Morgan fingerprint density at radius 2 is 2.33 bits per heavy atom. The summed E-state index contributed by atoms with van der Waals surface area (Å²) >= 11 is 0. The molecule has 0 aliphatic heterocycles. The van der Waals surface area contributed by atoms with E-state index < -0.39 is 10.3 Å². The van der Waals surface area contributed by atoms with Crippen LogP contribution in [-0.4, -0.2) is 28.5 Å². The van der Waals surface area contributed by atoms with Gasteiger partial charge in [0.1, 0.15) is 5.10 Å². The second-order valence-electron chi connectivity index (χ2n) is 1.18. The first-order chi connectivity index (χ1) is 4.11. The van der Waals surface area contributed by atoms with Crippen molar-refractivity contribution in [3.05, 3.63) is 6.33 Å². The van der Waals surface area contributed by atoms with Crippen molar-refractivity contribution in [2.45, 2.75) is 0 Å². The number of aromatic nitrogens is 4. The third kappa shape index (κ3) is 1.21. The summed E-state index contributed by atoms with van der Waals surface area (Å²) in [4.78, 5) is 0. The Morgan fingerprint density at radius 1 is 1.67 bits per heavy atom. The van der Waals surface area contributed by atoms with E-state index in [0.29, 0.717) is 0 Å². The minimum atomic E-state index is -4.47. The van der Waals surface area contributed by atoms with Gasteiger partial charge >= 0.3 is 6.33 Å². The lowest BCUT2D eigenvalue weighted by molar-refractivity contribution is -0.588. The van der Waals surface area contributed by atoms with Gasteiger partial charge in [-0.3, -0.25) is 0 Å². The molecule has 0 aliphatic rings. The second-order valence-corrected chi connectivity index (χ2v) is 2.43. The lowest BCUT2D eigenvalue weighted by atomic mass is 11.4. The average Bonchev–Trinajstić information content (AvgIpc) is 2.08. The highest BCUT2D eigenvalue weighted by Crippen LogP contribution is 1.65. The van der Waals surface area contributed by atoms with Crippen molar-refractivity contribution >= 4 is 10.3 Å². The first-order valence-corrected chi connectivity index (χ1v) is 3.21. The maximum absolute atomic E-state index is 9.99. The largest absolute Gasteiger partial charge is 0.717 e. The molecule has 0 radical (unpaired) electrons. The Balaban J connectivity index is 3.20. The van der Waals surface area contributed by atoms with Gasteiger partial charge in [0.05, 0.1) is 0 Å². The van der Waals surface area contributed by atoms with Crippen LogP contribution < -0.4 is 4.09 Å². The van der Waals surface area contributed by atoms with Gasteiger partial charge in [-0.05, 0) is 0 Å². The summed E-state index contributed by atoms with van der Waals surface area (Å²) in [5.41, 5.74) is 0. The van der Waals surface area contributed by atoms with E-state index in [4.69, 9.17) is 0 Å². The molecule has 0 aromatic carbocycles. The number of nitrogens with zero attached hydrogens (tertiary/aromatic N) is 3. The van der Waals surface area contributed by atoms with Gasteiger partial charge in [-0.2, -0.15) is 0 Å². The maximum Gasteiger partial charge on any atom is 0.303 e. The molecule has 0 atom stereocenters. The summed E-state index contributed by atoms with van der Waals surface area (Å²) in [5.74, 6) is 0. The molecular weight excluding hydrogens is 148 g/mol. The molecule has 1 aromatic heterocycles. The van der Waals surface area contributed by atoms with Crippen molar-refractivity contribution in [2.75, 3.05) is 0 Å². The van der Waals surface area contributed by atoms with Crippen LogP contribution in [0.3, 0.4) is 0 Å². The summed E-state index contributed by atoms with van der Waals surface area (Å²) < 4.78 is 30.2. The Hall–Kier alpha value is -1.02. The molecule has 0 fully saturated rings. The fourth-order valence-corrected chi connectivity index (χ4v) is 0.570. The third-order valence-electron chi connectivity index (χ3n) is 0.598. The van der Waals surface area contributed by atoms with Crippen LogP contribution in [0.1, 0.15) is 0 Å². The summed E-state index contributed by atoms with van der Waals surface area (Å²) in [6.07, 6.45) is 0.766. The number of tetrazole rings is 1. The Kier molecular flexibility index (Phi) is 1.18. The molecule has 0 spiro atoms. The van der Waals surface area contributed by atoms with E-state index in [1.54, 1.807) is 0 Å². The van der Waals surface area contributed by atoms with Gasteiger partial charge in [0.25, 0.3) is 10.3 Å². The Labute approximate surface area is 50.2 Å². The fourth-order valence-electron chi connectivity index (χ4n) is 0.276. The number of hydrogen-bond donors (Lipinski definition) is 1. The monoisotopic (exact) mass is 150 g/mol. The van der Waals surface area contributed by atoms with E-state index in [1.807, 2.05) is 5.21 Å². The van der Waals surface area contributed by atoms with Crippen LogP contribution >= 0.6 is 0 Å². The van der Waals surface area contributed by atoms with Crippen molar-refractivity contribution in [2.24, 2.45) is 0 Å². The van der Waals surface area contributed by atoms with Crippen LogP contribution in [0, 0.1) is 0 Å². The third-order valence-corrected chi connectivity index (χ3v) is 1.26. The van der Waals surface area contributed by atoms with Crippen LogP contribution in [0.2, 0.25) is 0 Å². The Bertz CT molecular complexity index is 273. The van der Waals surface area contributed by atoms with Gasteiger partial charge in [0.2, 0.25) is 0 Å². The molecule has 50 valence electrons. The minimum Gasteiger partial charge on any atom is -0.717 e. The van der Waals surface area contributed by atoms with Crippen molar-refractivity contribution in [1.82, 2.24) is 15.5 Å². The molecule has 0 unspecified atom stereocenters. The molecule has 1 heterocycles. The van der Waals surface area contributed by atoms with E-state index in [1.165, 1.54) is 0 Å². The molecule has 1 rings (SSSR count). The SMILES string of the molecule is O=S(=O)([O-])[n+]1cnn[nH]1. The highest BCUT2D eigenvalue weighted by molar-refractivity contribution is 7.78. The lowest BCUT2D eigenvalue weighted by Crippen LogP contribution is -2.43. The Morgan fingerprint density at radius 3 is 2.56 bits per heavy atom. The van der Waals surface area contributed by atoms with E-state index in [2.05, 4.69) is 10.3 Å². The summed E-state index contributed by atoms with van der Waals surface area (Å²) in [6.45, 7) is 0. The van der Waals surface area contributed by atoms with Crippen LogP contribution in [0.5, 0.6) is 0 Å². The topological polar surface area (TPSA) is 103 Å². The molecule has 0 bridgehead atoms. The quantitative estimate of drug-likeness (QED) is 0.349. The molecule has 1 aromatic rings. The van der Waals surface area contributed by atoms with Crippen molar-refractivity contribution in [3.8, 4) is 0 Å². The molecule has 0 saturated carbocycles. The first-order valence-electron chi connectivity index (χ1n) is 1.85. The van der Waals surface area contributed by atoms with Crippen LogP contribution in [-0.2, 0) is 10.3 Å². The lowest BCUT2D eigenvalue weighted by Gasteiger charge is -1.96. The highest BCUT2D eigenvalue weighted by Gasteiger charge is 2.03. The summed E-state index contributed by atoms with van der Waals surface area (Å²) in [6, 6.07) is 0. The van der Waals surface area contributed by atoms with Crippen LogP contribution in [0.15, 0.2) is 6.33 Å². The van der Waals surface area contributed by atoms with Gasteiger partial charge in [-0.15, -0.1) is 0 Å². The molecule has 9 heavy (non-hydrogen) atoms. The summed E-state index contributed by atoms with van der Waals surface area (Å²) in [7, 11) is -4.47. The highest BCUT2D eigenvalue weighted by atomic mass is 32.2. The van der Waals surface area contributed by atoms with E-state index >= 15 is 0 Å². The number of rotatable bonds is 1. The molecule has 7 nitrogen and oxygen atoms in total. The summed E-state index contributed by atoms with van der Waals surface area (Å²) in [5, 5.41) is 7.90. The van der Waals surface area contributed by atoms with Crippen molar-refractivity contribution in [3.63, 3.8) is 0 Å². The first kappa shape index (κ1) is 6.11. The fraction of sp³-hybridized carbons (Fsp3) is 0. The smallest absolute Gasteiger partial charge is 0.303 e. The molecule has 1 N–H and O–H groups in total. The molecule has 0 amide bonds. The van der Waals surface area contributed by atoms with Crippen molar-refractivity contribution < 1.29 is 17.1 Å². The van der Waals surface area contributed by atoms with Gasteiger partial charge in [-0.25, -0.2) is 8.42 Å². The molecule has 0 saturated heterocycles. The van der Waals surface area contributed by atoms with E-state index in [-0.39, 0.29) is 4.09 Å². The standard InChI is InChI=1S/CH2N4O3S/c6-9(7,8)5-1-2-3-4-5/h1H,(H,6,7,8). The predicted octanol–water partition coefficient (Wildman–Crippen LogP) is -2.60. The second kappa shape index (κ2) is 1.74. The van der Waals surface area contributed by atoms with E-state index in [9.17, 15) is 13.0 Å². The zero-order valence-corrected chi connectivity index (χ0v) is 4.87. The zero-order chi connectivity index (χ0) is 6.91. The van der Waals surface area contributed by atoms with Crippen LogP contribution in [0.4, 0.5) is 0 Å². The van der Waals surface area contributed by atoms with Gasteiger partial charge < -0.3 is 4.55 Å². The molecule has 8 heteroatoms. The number of H-pyrrole nitrogens is 1. The predicted molar refractivity (Wildman–Crippen MR) is 21.7 cm³/mol. The molecule has 0 aliphatic carbocycles. The minimum absolute atomic E-state index is 0.257. The van der Waals surface area contributed by atoms with Gasteiger partial charge in [0, 0.05) is 0 Å². The van der Waals surface area contributed by atoms with E-state index in [0.717, 1.165) is 6.33 Å². The zero-order valence-electron chi connectivity index (χ0n) is 4.05. The van der Waals surface area contributed by atoms with Crippen molar-refractivity contribution in [1.29, 1.82) is 0 Å². The average molecular weight is 150 g/mol. The number of hydrogen-bond acceptors (Lipinski definition) is 5. The molecular formula is CH2N4O3S. The number of nitrogens with one attached hydrogen (secondary N) is 1. The van der Waals surface area contributed by atoms with Gasteiger partial charge in [0.15, 0.2) is 5.21 Å².